The lowest BCUT2D eigenvalue weighted by Gasteiger charge is -2.02. The summed E-state index contributed by atoms with van der Waals surface area (Å²) in [6.45, 7) is 0. The summed E-state index contributed by atoms with van der Waals surface area (Å²) in [5.41, 5.74) is 1.60. The Hall–Kier alpha value is -2.17. The van der Waals surface area contributed by atoms with Gasteiger partial charge in [-0.3, -0.25) is 9.48 Å². The second kappa shape index (κ2) is 4.37. The highest BCUT2D eigenvalue weighted by Gasteiger charge is 2.09. The lowest BCUT2D eigenvalue weighted by Crippen LogP contribution is -1.95. The molecule has 0 spiro atoms. The normalized spacial score (nSPS) is 10.3. The van der Waals surface area contributed by atoms with Gasteiger partial charge in [0.1, 0.15) is 5.69 Å². The maximum absolute atomic E-state index is 13.5. The van der Waals surface area contributed by atoms with Crippen LogP contribution in [0.1, 0.15) is 10.5 Å². The molecule has 0 amide bonds. The number of aldehydes is 1. The van der Waals surface area contributed by atoms with E-state index in [2.05, 4.69) is 5.10 Å². The Kier molecular flexibility index (Phi) is 2.91. The topological polar surface area (TPSA) is 44.1 Å². The van der Waals surface area contributed by atoms with Crippen molar-refractivity contribution in [3.8, 4) is 17.0 Å². The summed E-state index contributed by atoms with van der Waals surface area (Å²) in [6, 6.07) is 6.16. The maximum atomic E-state index is 13.5. The van der Waals surface area contributed by atoms with Crippen molar-refractivity contribution >= 4 is 6.29 Å². The summed E-state index contributed by atoms with van der Waals surface area (Å²) >= 11 is 0. The molecular weight excluding hydrogens is 223 g/mol. The molecule has 0 bridgehead atoms. The van der Waals surface area contributed by atoms with E-state index in [-0.39, 0.29) is 5.75 Å². The van der Waals surface area contributed by atoms with Gasteiger partial charge in [0.25, 0.3) is 0 Å². The minimum absolute atomic E-state index is 0.181. The summed E-state index contributed by atoms with van der Waals surface area (Å²) in [4.78, 5) is 10.7. The quantitative estimate of drug-likeness (QED) is 0.763. The first-order valence-corrected chi connectivity index (χ1v) is 4.99. The summed E-state index contributed by atoms with van der Waals surface area (Å²) in [5, 5.41) is 4.13. The van der Waals surface area contributed by atoms with Crippen LogP contribution < -0.4 is 4.74 Å². The number of nitrogens with zero attached hydrogens (tertiary/aromatic N) is 2. The summed E-state index contributed by atoms with van der Waals surface area (Å²) < 4.78 is 19.8. The first-order valence-electron chi connectivity index (χ1n) is 4.99. The molecule has 0 radical (unpaired) electrons. The van der Waals surface area contributed by atoms with Gasteiger partial charge in [0, 0.05) is 12.6 Å². The smallest absolute Gasteiger partial charge is 0.168 e. The lowest BCUT2D eigenvalue weighted by atomic mass is 10.1. The van der Waals surface area contributed by atoms with E-state index in [1.807, 2.05) is 0 Å². The molecule has 4 nitrogen and oxygen atoms in total. The molecule has 88 valence electrons. The third-order valence-electron chi connectivity index (χ3n) is 2.48. The third kappa shape index (κ3) is 2.04. The highest BCUT2D eigenvalue weighted by Crippen LogP contribution is 2.24. The van der Waals surface area contributed by atoms with E-state index < -0.39 is 5.82 Å². The molecule has 0 saturated carbocycles. The third-order valence-corrected chi connectivity index (χ3v) is 2.48. The zero-order valence-corrected chi connectivity index (χ0v) is 9.48. The van der Waals surface area contributed by atoms with Gasteiger partial charge in [-0.2, -0.15) is 5.10 Å². The van der Waals surface area contributed by atoms with Crippen LogP contribution in [0.25, 0.3) is 11.3 Å². The van der Waals surface area contributed by atoms with Gasteiger partial charge in [0.2, 0.25) is 0 Å². The summed E-state index contributed by atoms with van der Waals surface area (Å²) in [6.07, 6.45) is 0.705. The number of ether oxygens (including phenoxy) is 1. The summed E-state index contributed by atoms with van der Waals surface area (Å²) in [7, 11) is 3.07. The molecule has 1 heterocycles. The molecule has 0 aliphatic rings. The number of rotatable bonds is 3. The average Bonchev–Trinajstić information content (AvgIpc) is 2.70. The van der Waals surface area contributed by atoms with Gasteiger partial charge in [-0.1, -0.05) is 0 Å². The number of aromatic nitrogens is 2. The average molecular weight is 234 g/mol. The van der Waals surface area contributed by atoms with E-state index in [1.165, 1.54) is 23.9 Å². The first-order chi connectivity index (χ1) is 8.15. The van der Waals surface area contributed by atoms with Crippen molar-refractivity contribution in [3.63, 3.8) is 0 Å². The Morgan fingerprint density at radius 2 is 2.18 bits per heavy atom. The Labute approximate surface area is 97.6 Å². The Balaban J connectivity index is 2.45. The van der Waals surface area contributed by atoms with E-state index in [0.717, 1.165) is 0 Å². The first kappa shape index (κ1) is 11.3. The van der Waals surface area contributed by atoms with Gasteiger partial charge in [-0.25, -0.2) is 4.39 Å². The van der Waals surface area contributed by atoms with Crippen LogP contribution in [-0.2, 0) is 7.05 Å². The van der Waals surface area contributed by atoms with Gasteiger partial charge in [0.05, 0.1) is 12.8 Å². The van der Waals surface area contributed by atoms with Crippen LogP contribution >= 0.6 is 0 Å². The Morgan fingerprint density at radius 1 is 1.41 bits per heavy atom. The zero-order valence-electron chi connectivity index (χ0n) is 9.48. The minimum atomic E-state index is -0.455. The van der Waals surface area contributed by atoms with Crippen molar-refractivity contribution in [3.05, 3.63) is 35.8 Å². The van der Waals surface area contributed by atoms with Gasteiger partial charge < -0.3 is 4.74 Å². The van der Waals surface area contributed by atoms with Crippen molar-refractivity contribution in [2.24, 2.45) is 7.05 Å². The molecule has 0 unspecified atom stereocenters. The monoisotopic (exact) mass is 234 g/mol. The van der Waals surface area contributed by atoms with Crippen LogP contribution in [0.5, 0.6) is 5.75 Å². The van der Waals surface area contributed by atoms with Crippen LogP contribution in [0.2, 0.25) is 0 Å². The fraction of sp³-hybridized carbons (Fsp3) is 0.167. The number of hydrogen-bond donors (Lipinski definition) is 0. The fourth-order valence-corrected chi connectivity index (χ4v) is 1.56. The van der Waals surface area contributed by atoms with Crippen molar-refractivity contribution in [2.75, 3.05) is 7.11 Å². The van der Waals surface area contributed by atoms with Crippen molar-refractivity contribution < 1.29 is 13.9 Å². The number of aryl methyl sites for hydroxylation is 1. The fourth-order valence-electron chi connectivity index (χ4n) is 1.56. The zero-order chi connectivity index (χ0) is 12.4. The molecule has 0 saturated heterocycles. The molecule has 0 fully saturated rings. The summed E-state index contributed by atoms with van der Waals surface area (Å²) in [5.74, 6) is -0.274. The van der Waals surface area contributed by atoms with Crippen LogP contribution in [0.15, 0.2) is 24.3 Å². The molecular formula is C12H11FN2O2. The lowest BCUT2D eigenvalue weighted by molar-refractivity contribution is 0.111. The molecule has 1 aromatic heterocycles. The van der Waals surface area contributed by atoms with E-state index in [9.17, 15) is 9.18 Å². The Morgan fingerprint density at radius 3 is 2.71 bits per heavy atom. The number of hydrogen-bond acceptors (Lipinski definition) is 3. The largest absolute Gasteiger partial charge is 0.494 e. The van der Waals surface area contributed by atoms with E-state index in [1.54, 1.807) is 19.2 Å². The molecule has 2 aromatic rings. The number of halogens is 1. The van der Waals surface area contributed by atoms with Crippen molar-refractivity contribution in [1.29, 1.82) is 0 Å². The highest BCUT2D eigenvalue weighted by molar-refractivity contribution is 5.75. The number of methoxy groups -OCH3 is 1. The molecule has 0 atom stereocenters. The minimum Gasteiger partial charge on any atom is -0.494 e. The molecule has 1 aromatic carbocycles. The van der Waals surface area contributed by atoms with E-state index in [0.29, 0.717) is 23.2 Å². The van der Waals surface area contributed by atoms with Crippen LogP contribution in [0.3, 0.4) is 0 Å². The van der Waals surface area contributed by atoms with E-state index >= 15 is 0 Å². The standard InChI is InChI=1S/C12H11FN2O2/c1-15-9(7-16)6-11(14-15)8-3-4-12(17-2)10(13)5-8/h3-7H,1-2H3. The molecule has 0 aliphatic carbocycles. The second-order valence-electron chi connectivity index (χ2n) is 3.55. The predicted octanol–water partition coefficient (Wildman–Crippen LogP) is 2.05. The van der Waals surface area contributed by atoms with Gasteiger partial charge in [-0.15, -0.1) is 0 Å². The number of carbonyl (C=O) groups is 1. The van der Waals surface area contributed by atoms with Crippen LogP contribution in [0.4, 0.5) is 4.39 Å². The van der Waals surface area contributed by atoms with Crippen LogP contribution in [0, 0.1) is 5.82 Å². The molecule has 5 heteroatoms. The molecule has 0 N–H and O–H groups in total. The van der Waals surface area contributed by atoms with Crippen molar-refractivity contribution in [1.82, 2.24) is 9.78 Å². The van der Waals surface area contributed by atoms with Gasteiger partial charge in [0.15, 0.2) is 17.9 Å². The Bertz CT molecular complexity index is 564. The maximum Gasteiger partial charge on any atom is 0.168 e. The molecule has 0 aliphatic heterocycles. The molecule has 2 rings (SSSR count). The van der Waals surface area contributed by atoms with Crippen molar-refractivity contribution in [2.45, 2.75) is 0 Å². The van der Waals surface area contributed by atoms with E-state index in [4.69, 9.17) is 4.74 Å². The van der Waals surface area contributed by atoms with Gasteiger partial charge >= 0.3 is 0 Å². The second-order valence-corrected chi connectivity index (χ2v) is 3.55. The SMILES string of the molecule is COc1ccc(-c2cc(C=O)n(C)n2)cc1F. The molecule has 17 heavy (non-hydrogen) atoms. The van der Waals surface area contributed by atoms with Crippen LogP contribution in [-0.4, -0.2) is 23.2 Å². The number of benzene rings is 1. The van der Waals surface area contributed by atoms with Gasteiger partial charge in [-0.05, 0) is 24.3 Å². The highest BCUT2D eigenvalue weighted by atomic mass is 19.1. The predicted molar refractivity (Wildman–Crippen MR) is 60.5 cm³/mol. The number of carbonyl (C=O) groups excluding carboxylic acids is 1.